The Kier molecular flexibility index (Phi) is 5.96. The van der Waals surface area contributed by atoms with Crippen LogP contribution in [0.15, 0.2) is 35.7 Å². The van der Waals surface area contributed by atoms with Crippen LogP contribution in [0.3, 0.4) is 0 Å². The molecule has 0 spiro atoms. The van der Waals surface area contributed by atoms with Gasteiger partial charge in [-0.15, -0.1) is 11.3 Å². The number of nitrogens with zero attached hydrogens (tertiary/aromatic N) is 1. The first-order valence-electron chi connectivity index (χ1n) is 6.86. The zero-order chi connectivity index (χ0) is 15.9. The molecule has 1 heterocycles. The van der Waals surface area contributed by atoms with Gasteiger partial charge in [-0.3, -0.25) is 4.79 Å². The lowest BCUT2D eigenvalue weighted by atomic mass is 10.1. The highest BCUT2D eigenvalue weighted by atomic mass is 35.5. The molecule has 2 rings (SSSR count). The number of nitrogens with one attached hydrogen (secondary N) is 2. The summed E-state index contributed by atoms with van der Waals surface area (Å²) in [7, 11) is 0. The van der Waals surface area contributed by atoms with Crippen molar-refractivity contribution in [3.8, 4) is 6.07 Å². The van der Waals surface area contributed by atoms with E-state index in [-0.39, 0.29) is 11.9 Å². The summed E-state index contributed by atoms with van der Waals surface area (Å²) in [6, 6.07) is 11.5. The number of nitriles is 1. The first-order chi connectivity index (χ1) is 10.6. The summed E-state index contributed by atoms with van der Waals surface area (Å²) in [6.07, 6.45) is 0.348. The monoisotopic (exact) mass is 333 g/mol. The van der Waals surface area contributed by atoms with E-state index in [1.807, 2.05) is 31.2 Å². The summed E-state index contributed by atoms with van der Waals surface area (Å²) in [5, 5.41) is 18.1. The smallest absolute Gasteiger partial charge is 0.226 e. The van der Waals surface area contributed by atoms with Crippen LogP contribution in [0.1, 0.15) is 30.5 Å². The summed E-state index contributed by atoms with van der Waals surface area (Å²) in [6.45, 7) is 2.59. The van der Waals surface area contributed by atoms with Crippen LogP contribution >= 0.6 is 22.9 Å². The van der Waals surface area contributed by atoms with E-state index in [2.05, 4.69) is 16.7 Å². The van der Waals surface area contributed by atoms with Gasteiger partial charge in [0.15, 0.2) is 0 Å². The van der Waals surface area contributed by atoms with Crippen LogP contribution in [0.5, 0.6) is 0 Å². The summed E-state index contributed by atoms with van der Waals surface area (Å²) >= 11 is 7.21. The summed E-state index contributed by atoms with van der Waals surface area (Å²) in [5.41, 5.74) is 1.62. The lowest BCUT2D eigenvalue weighted by Crippen LogP contribution is -2.24. The molecule has 0 fully saturated rings. The highest BCUT2D eigenvalue weighted by Gasteiger charge is 2.09. The Morgan fingerprint density at radius 1 is 1.36 bits per heavy atom. The topological polar surface area (TPSA) is 64.9 Å². The van der Waals surface area contributed by atoms with Crippen molar-refractivity contribution in [3.63, 3.8) is 0 Å². The van der Waals surface area contributed by atoms with Crippen LogP contribution in [0.2, 0.25) is 5.02 Å². The molecule has 0 radical (unpaired) electrons. The third-order valence-corrected chi connectivity index (χ3v) is 4.29. The van der Waals surface area contributed by atoms with Crippen LogP contribution in [0, 0.1) is 11.3 Å². The normalized spacial score (nSPS) is 11.7. The lowest BCUT2D eigenvalue weighted by molar-refractivity contribution is -0.116. The third-order valence-electron chi connectivity index (χ3n) is 3.21. The molecule has 0 unspecified atom stereocenters. The molecule has 2 aromatic rings. The van der Waals surface area contributed by atoms with Gasteiger partial charge in [-0.2, -0.15) is 5.26 Å². The Balaban J connectivity index is 1.77. The number of carbonyl (C=O) groups is 1. The Morgan fingerprint density at radius 3 is 2.77 bits per heavy atom. The molecule has 114 valence electrons. The number of amides is 1. The van der Waals surface area contributed by atoms with Crippen molar-refractivity contribution in [1.29, 1.82) is 5.26 Å². The number of benzene rings is 1. The minimum Gasteiger partial charge on any atom is -0.317 e. The highest BCUT2D eigenvalue weighted by Crippen LogP contribution is 2.22. The van der Waals surface area contributed by atoms with Crippen molar-refractivity contribution in [2.45, 2.75) is 19.4 Å². The van der Waals surface area contributed by atoms with E-state index in [9.17, 15) is 4.79 Å². The molecule has 1 aromatic carbocycles. The maximum Gasteiger partial charge on any atom is 0.226 e. The van der Waals surface area contributed by atoms with E-state index in [0.717, 1.165) is 5.56 Å². The molecular weight excluding hydrogens is 318 g/mol. The Hall–Kier alpha value is -1.87. The van der Waals surface area contributed by atoms with Crippen LogP contribution in [-0.4, -0.2) is 12.5 Å². The van der Waals surface area contributed by atoms with Gasteiger partial charge in [0.25, 0.3) is 0 Å². The van der Waals surface area contributed by atoms with Gasteiger partial charge in [-0.25, -0.2) is 0 Å². The first kappa shape index (κ1) is 16.5. The van der Waals surface area contributed by atoms with E-state index in [4.69, 9.17) is 16.9 Å². The summed E-state index contributed by atoms with van der Waals surface area (Å²) in [4.78, 5) is 11.9. The van der Waals surface area contributed by atoms with Gasteiger partial charge < -0.3 is 10.6 Å². The van der Waals surface area contributed by atoms with Crippen molar-refractivity contribution in [1.82, 2.24) is 5.32 Å². The van der Waals surface area contributed by atoms with Gasteiger partial charge >= 0.3 is 0 Å². The van der Waals surface area contributed by atoms with E-state index < -0.39 is 0 Å². The fourth-order valence-corrected chi connectivity index (χ4v) is 2.83. The SMILES string of the molecule is C[C@H](NCCC(=O)Nc1sccc1C#N)c1ccc(Cl)cc1. The lowest BCUT2D eigenvalue weighted by Gasteiger charge is -2.14. The minimum absolute atomic E-state index is 0.102. The summed E-state index contributed by atoms with van der Waals surface area (Å²) in [5.74, 6) is -0.102. The molecule has 1 amide bonds. The largest absolute Gasteiger partial charge is 0.317 e. The molecule has 4 nitrogen and oxygen atoms in total. The van der Waals surface area contributed by atoms with Crippen molar-refractivity contribution >= 4 is 33.8 Å². The zero-order valence-corrected chi connectivity index (χ0v) is 13.7. The number of hydrogen-bond acceptors (Lipinski definition) is 4. The third kappa shape index (κ3) is 4.57. The van der Waals surface area contributed by atoms with Crippen LogP contribution < -0.4 is 10.6 Å². The second-order valence-corrected chi connectivity index (χ2v) is 6.15. The minimum atomic E-state index is -0.102. The second-order valence-electron chi connectivity index (χ2n) is 4.80. The number of anilines is 1. The van der Waals surface area contributed by atoms with Crippen LogP contribution in [0.25, 0.3) is 0 Å². The fraction of sp³-hybridized carbons (Fsp3) is 0.250. The predicted octanol–water partition coefficient (Wildman–Crippen LogP) is 3.95. The van der Waals surface area contributed by atoms with Gasteiger partial charge in [-0.05, 0) is 36.1 Å². The van der Waals surface area contributed by atoms with Gasteiger partial charge in [0.05, 0.1) is 5.56 Å². The highest BCUT2D eigenvalue weighted by molar-refractivity contribution is 7.14. The van der Waals surface area contributed by atoms with E-state index in [1.165, 1.54) is 11.3 Å². The van der Waals surface area contributed by atoms with Gasteiger partial charge in [-0.1, -0.05) is 23.7 Å². The molecule has 0 aliphatic carbocycles. The molecule has 1 atom stereocenters. The molecule has 0 aliphatic rings. The molecule has 0 saturated heterocycles. The molecule has 0 bridgehead atoms. The number of halogens is 1. The molecule has 22 heavy (non-hydrogen) atoms. The molecular formula is C16H16ClN3OS. The predicted molar refractivity (Wildman–Crippen MR) is 90.2 cm³/mol. The number of hydrogen-bond donors (Lipinski definition) is 2. The second kappa shape index (κ2) is 7.95. The fourth-order valence-electron chi connectivity index (χ4n) is 1.95. The molecule has 6 heteroatoms. The number of thiophene rings is 1. The van der Waals surface area contributed by atoms with Crippen molar-refractivity contribution in [3.05, 3.63) is 51.9 Å². The number of rotatable bonds is 6. The van der Waals surface area contributed by atoms with Crippen LogP contribution in [0.4, 0.5) is 5.00 Å². The van der Waals surface area contributed by atoms with E-state index in [0.29, 0.717) is 28.6 Å². The zero-order valence-electron chi connectivity index (χ0n) is 12.1. The number of carbonyl (C=O) groups excluding carboxylic acids is 1. The van der Waals surface area contributed by atoms with Gasteiger partial charge in [0, 0.05) is 24.0 Å². The van der Waals surface area contributed by atoms with E-state index >= 15 is 0 Å². The Labute approximate surface area is 138 Å². The van der Waals surface area contributed by atoms with Crippen molar-refractivity contribution in [2.75, 3.05) is 11.9 Å². The Bertz CT molecular complexity index is 675. The standard InChI is InChI=1S/C16H16ClN3OS/c1-11(12-2-4-14(17)5-3-12)19-8-6-15(21)20-16-13(10-18)7-9-22-16/h2-5,7,9,11,19H,6,8H2,1H3,(H,20,21)/t11-/m0/s1. The Morgan fingerprint density at radius 2 is 2.09 bits per heavy atom. The first-order valence-corrected chi connectivity index (χ1v) is 8.12. The molecule has 2 N–H and O–H groups in total. The van der Waals surface area contributed by atoms with Gasteiger partial charge in [0.2, 0.25) is 5.91 Å². The molecule has 1 aromatic heterocycles. The maximum absolute atomic E-state index is 11.9. The van der Waals surface area contributed by atoms with Gasteiger partial charge in [0.1, 0.15) is 11.1 Å². The van der Waals surface area contributed by atoms with Crippen molar-refractivity contribution in [2.24, 2.45) is 0 Å². The van der Waals surface area contributed by atoms with E-state index in [1.54, 1.807) is 11.4 Å². The molecule has 0 aliphatic heterocycles. The average Bonchev–Trinajstić information content (AvgIpc) is 2.95. The average molecular weight is 334 g/mol. The quantitative estimate of drug-likeness (QED) is 0.841. The molecule has 0 saturated carbocycles. The summed E-state index contributed by atoms with van der Waals surface area (Å²) < 4.78 is 0. The maximum atomic E-state index is 11.9. The van der Waals surface area contributed by atoms with Crippen LogP contribution in [-0.2, 0) is 4.79 Å². The van der Waals surface area contributed by atoms with Crippen molar-refractivity contribution < 1.29 is 4.79 Å².